The maximum absolute atomic E-state index is 11.6. The molecule has 0 aliphatic heterocycles. The van der Waals surface area contributed by atoms with Gasteiger partial charge in [-0.15, -0.1) is 0 Å². The predicted molar refractivity (Wildman–Crippen MR) is 115 cm³/mol. The lowest BCUT2D eigenvalue weighted by Crippen LogP contribution is -2.15. The summed E-state index contributed by atoms with van der Waals surface area (Å²) in [5.74, 6) is -0.191. The molecule has 0 saturated heterocycles. The van der Waals surface area contributed by atoms with E-state index in [1.165, 1.54) is 49.4 Å². The number of anilines is 1. The molecule has 2 aromatic rings. The molecule has 12 heteroatoms. The summed E-state index contributed by atoms with van der Waals surface area (Å²) in [6, 6.07) is 9.98. The third kappa shape index (κ3) is 7.57. The number of hydrogen-bond donors (Lipinski definition) is 1. The molecule has 1 N–H and O–H groups in total. The van der Waals surface area contributed by atoms with Crippen LogP contribution >= 0.6 is 0 Å². The van der Waals surface area contributed by atoms with E-state index in [1.54, 1.807) is 6.92 Å². The zero-order valence-electron chi connectivity index (χ0n) is 17.3. The third-order valence-corrected chi connectivity index (χ3v) is 5.21. The Labute approximate surface area is 180 Å². The van der Waals surface area contributed by atoms with Crippen molar-refractivity contribution in [2.75, 3.05) is 24.5 Å². The van der Waals surface area contributed by atoms with E-state index in [1.807, 2.05) is 0 Å². The van der Waals surface area contributed by atoms with Gasteiger partial charge in [0.25, 0.3) is 0 Å². The van der Waals surface area contributed by atoms with E-state index < -0.39 is 25.9 Å². The van der Waals surface area contributed by atoms with E-state index >= 15 is 0 Å². The summed E-state index contributed by atoms with van der Waals surface area (Å²) in [5, 5.41) is 3.87. The van der Waals surface area contributed by atoms with Crippen LogP contribution in [0.2, 0.25) is 0 Å². The first-order valence-electron chi connectivity index (χ1n) is 8.88. The molecule has 0 radical (unpaired) electrons. The first-order valence-corrected chi connectivity index (χ1v) is 12.6. The number of benzene rings is 2. The number of rotatable bonds is 9. The minimum atomic E-state index is -3.88. The van der Waals surface area contributed by atoms with Gasteiger partial charge in [-0.1, -0.05) is 0 Å². The molecule has 0 amide bonds. The molecule has 0 aromatic heterocycles. The number of hydrazone groups is 1. The average Bonchev–Trinajstić information content (AvgIpc) is 2.66. The highest BCUT2D eigenvalue weighted by atomic mass is 32.2. The Morgan fingerprint density at radius 3 is 2.16 bits per heavy atom. The lowest BCUT2D eigenvalue weighted by molar-refractivity contribution is -0.135. The molecular formula is C19H22N2O8S2. The maximum atomic E-state index is 11.6. The zero-order valence-corrected chi connectivity index (χ0v) is 18.9. The zero-order chi connectivity index (χ0) is 23.2. The van der Waals surface area contributed by atoms with Crippen LogP contribution in [0.3, 0.4) is 0 Å². The van der Waals surface area contributed by atoms with Gasteiger partial charge in [0.1, 0.15) is 22.9 Å². The highest BCUT2D eigenvalue weighted by Gasteiger charge is 2.14. The Bertz CT molecular complexity index is 1190. The second kappa shape index (κ2) is 9.79. The summed E-state index contributed by atoms with van der Waals surface area (Å²) < 4.78 is 61.8. The normalized spacial score (nSPS) is 12.2. The van der Waals surface area contributed by atoms with Crippen LogP contribution < -0.4 is 14.3 Å². The lowest BCUT2D eigenvalue weighted by Gasteiger charge is -2.12. The number of nitrogens with zero attached hydrogens (tertiary/aromatic N) is 1. The molecular weight excluding hydrogens is 448 g/mol. The maximum Gasteiger partial charge on any atom is 0.354 e. The van der Waals surface area contributed by atoms with Crippen LogP contribution in [-0.4, -0.2) is 47.6 Å². The highest BCUT2D eigenvalue weighted by molar-refractivity contribution is 7.90. The van der Waals surface area contributed by atoms with Gasteiger partial charge in [0, 0.05) is 12.3 Å². The molecule has 2 aromatic carbocycles. The second-order valence-electron chi connectivity index (χ2n) is 6.32. The average molecular weight is 471 g/mol. The Kier molecular flexibility index (Phi) is 7.63. The van der Waals surface area contributed by atoms with Crippen molar-refractivity contribution in [1.29, 1.82) is 0 Å². The fourth-order valence-electron chi connectivity index (χ4n) is 2.21. The van der Waals surface area contributed by atoms with Crippen LogP contribution in [0.4, 0.5) is 5.69 Å². The lowest BCUT2D eigenvalue weighted by atomic mass is 10.2. The Morgan fingerprint density at radius 2 is 1.61 bits per heavy atom. The number of carbonyl (C=O) groups excluding carboxylic acids is 1. The number of carbonyl (C=O) groups is 1. The molecule has 10 nitrogen and oxygen atoms in total. The molecule has 0 heterocycles. The van der Waals surface area contributed by atoms with Crippen LogP contribution in [-0.2, 0) is 29.5 Å². The molecule has 0 saturated carbocycles. The van der Waals surface area contributed by atoms with Crippen molar-refractivity contribution >= 4 is 37.3 Å². The number of sulfone groups is 1. The molecule has 31 heavy (non-hydrogen) atoms. The first kappa shape index (κ1) is 24.2. The molecule has 0 spiro atoms. The van der Waals surface area contributed by atoms with Gasteiger partial charge in [-0.25, -0.2) is 13.2 Å². The molecule has 2 rings (SSSR count). The van der Waals surface area contributed by atoms with Crippen molar-refractivity contribution in [3.63, 3.8) is 0 Å². The van der Waals surface area contributed by atoms with Gasteiger partial charge in [0.05, 0.1) is 17.8 Å². The molecule has 0 bridgehead atoms. The first-order chi connectivity index (χ1) is 14.4. The van der Waals surface area contributed by atoms with Crippen molar-refractivity contribution < 1.29 is 35.3 Å². The number of ether oxygens (including phenoxy) is 2. The van der Waals surface area contributed by atoms with E-state index in [4.69, 9.17) is 13.7 Å². The summed E-state index contributed by atoms with van der Waals surface area (Å²) in [4.78, 5) is 11.8. The quantitative estimate of drug-likeness (QED) is 0.254. The van der Waals surface area contributed by atoms with Crippen LogP contribution in [0.25, 0.3) is 0 Å². The highest BCUT2D eigenvalue weighted by Crippen LogP contribution is 2.33. The van der Waals surface area contributed by atoms with E-state index in [0.29, 0.717) is 5.75 Å². The summed E-state index contributed by atoms with van der Waals surface area (Å²) in [6.45, 7) is 3.27. The van der Waals surface area contributed by atoms with Gasteiger partial charge < -0.3 is 13.7 Å². The van der Waals surface area contributed by atoms with Gasteiger partial charge in [-0.2, -0.15) is 13.5 Å². The largest absolute Gasteiger partial charge is 0.461 e. The van der Waals surface area contributed by atoms with Crippen molar-refractivity contribution in [3.8, 4) is 17.2 Å². The van der Waals surface area contributed by atoms with Crippen molar-refractivity contribution in [1.82, 2.24) is 0 Å². The van der Waals surface area contributed by atoms with Gasteiger partial charge >= 0.3 is 16.1 Å². The Hall–Kier alpha value is -3.12. The fraction of sp³-hybridized carbons (Fsp3) is 0.263. The van der Waals surface area contributed by atoms with Crippen molar-refractivity contribution in [2.45, 2.75) is 18.7 Å². The Morgan fingerprint density at radius 1 is 1.00 bits per heavy atom. The molecule has 0 aliphatic rings. The topological polar surface area (TPSA) is 137 Å². The van der Waals surface area contributed by atoms with Crippen LogP contribution in [0, 0.1) is 0 Å². The summed E-state index contributed by atoms with van der Waals surface area (Å²) in [5.41, 5.74) is 2.75. The molecule has 0 atom stereocenters. The number of esters is 1. The monoisotopic (exact) mass is 470 g/mol. The summed E-state index contributed by atoms with van der Waals surface area (Å²) in [7, 11) is -7.22. The fourth-order valence-corrected chi connectivity index (χ4v) is 3.30. The van der Waals surface area contributed by atoms with E-state index in [2.05, 4.69) is 10.5 Å². The van der Waals surface area contributed by atoms with E-state index in [9.17, 15) is 21.6 Å². The van der Waals surface area contributed by atoms with Gasteiger partial charge in [0.15, 0.2) is 15.6 Å². The molecule has 0 fully saturated rings. The van der Waals surface area contributed by atoms with Crippen molar-refractivity contribution in [2.24, 2.45) is 5.10 Å². The standard InChI is InChI=1S/C19H22N2O8S2/c1-5-27-19(22)13(2)20-21-17-11-8-15(12-18(17)29-31(4,25)26)28-14-6-9-16(10-7-14)30(3,23)24/h6-12,21H,5H2,1-4H3/b20-13+. The van der Waals surface area contributed by atoms with Gasteiger partial charge in [-0.3, -0.25) is 5.43 Å². The van der Waals surface area contributed by atoms with Crippen LogP contribution in [0.15, 0.2) is 52.5 Å². The third-order valence-electron chi connectivity index (χ3n) is 3.60. The SMILES string of the molecule is CCOC(=O)/C(C)=N/Nc1ccc(Oc2ccc(S(C)(=O)=O)cc2)cc1OS(C)(=O)=O. The van der Waals surface area contributed by atoms with Gasteiger partial charge in [-0.05, 0) is 50.2 Å². The van der Waals surface area contributed by atoms with Crippen molar-refractivity contribution in [3.05, 3.63) is 42.5 Å². The van der Waals surface area contributed by atoms with Crippen LogP contribution in [0.1, 0.15) is 13.8 Å². The molecule has 0 unspecified atom stereocenters. The minimum absolute atomic E-state index is 0.0263. The van der Waals surface area contributed by atoms with Gasteiger partial charge in [0.2, 0.25) is 0 Å². The number of hydrogen-bond acceptors (Lipinski definition) is 10. The molecule has 168 valence electrons. The van der Waals surface area contributed by atoms with E-state index in [-0.39, 0.29) is 34.4 Å². The Balaban J connectivity index is 2.29. The second-order valence-corrected chi connectivity index (χ2v) is 9.91. The van der Waals surface area contributed by atoms with E-state index in [0.717, 1.165) is 12.5 Å². The molecule has 0 aliphatic carbocycles. The summed E-state index contributed by atoms with van der Waals surface area (Å²) >= 11 is 0. The number of nitrogens with one attached hydrogen (secondary N) is 1. The van der Waals surface area contributed by atoms with Crippen LogP contribution in [0.5, 0.6) is 17.2 Å². The predicted octanol–water partition coefficient (Wildman–Crippen LogP) is 2.57. The minimum Gasteiger partial charge on any atom is -0.461 e. The summed E-state index contributed by atoms with van der Waals surface area (Å²) in [6.07, 6.45) is 1.97. The smallest absolute Gasteiger partial charge is 0.354 e.